The second-order valence-corrected chi connectivity index (χ2v) is 6.06. The van der Waals surface area contributed by atoms with Gasteiger partial charge in [0, 0.05) is 11.3 Å². The van der Waals surface area contributed by atoms with Crippen LogP contribution in [0.1, 0.15) is 22.1 Å². The van der Waals surface area contributed by atoms with Crippen LogP contribution in [0.15, 0.2) is 18.2 Å². The van der Waals surface area contributed by atoms with Gasteiger partial charge in [-0.25, -0.2) is 0 Å². The van der Waals surface area contributed by atoms with Crippen molar-refractivity contribution in [2.75, 3.05) is 17.9 Å². The molecule has 21 heavy (non-hydrogen) atoms. The van der Waals surface area contributed by atoms with Crippen molar-refractivity contribution in [3.05, 3.63) is 35.0 Å². The van der Waals surface area contributed by atoms with Crippen LogP contribution in [0.5, 0.6) is 11.5 Å². The molecule has 3 heterocycles. The van der Waals surface area contributed by atoms with Crippen LogP contribution in [0.2, 0.25) is 0 Å². The smallest absolute Gasteiger partial charge is 0.235 e. The molecule has 0 saturated heterocycles. The minimum absolute atomic E-state index is 0.0315. The number of nitrogens with zero attached hydrogens (tertiary/aromatic N) is 1. The van der Waals surface area contributed by atoms with Gasteiger partial charge in [-0.05, 0) is 24.6 Å². The predicted molar refractivity (Wildman–Crippen MR) is 78.8 cm³/mol. The van der Waals surface area contributed by atoms with Crippen molar-refractivity contribution in [3.63, 3.8) is 0 Å². The van der Waals surface area contributed by atoms with Crippen LogP contribution in [0.4, 0.5) is 5.82 Å². The molecule has 1 atom stereocenters. The summed E-state index contributed by atoms with van der Waals surface area (Å²) in [5.74, 6) is 2.49. The van der Waals surface area contributed by atoms with Crippen molar-refractivity contribution in [1.29, 1.82) is 0 Å². The van der Waals surface area contributed by atoms with Crippen LogP contribution in [0, 0.1) is 6.92 Å². The van der Waals surface area contributed by atoms with Crippen LogP contribution < -0.4 is 14.8 Å². The first-order valence-electron chi connectivity index (χ1n) is 6.58. The minimum atomic E-state index is -0.0315. The van der Waals surface area contributed by atoms with Crippen molar-refractivity contribution in [1.82, 2.24) is 10.2 Å². The van der Waals surface area contributed by atoms with Crippen LogP contribution >= 0.6 is 11.8 Å². The Balaban J connectivity index is 1.80. The zero-order valence-corrected chi connectivity index (χ0v) is 12.1. The average Bonchev–Trinajstić information content (AvgIpc) is 3.03. The number of hydrogen-bond acceptors (Lipinski definition) is 5. The molecule has 1 aromatic heterocycles. The fourth-order valence-corrected chi connectivity index (χ4v) is 3.79. The van der Waals surface area contributed by atoms with Gasteiger partial charge in [-0.2, -0.15) is 5.10 Å². The summed E-state index contributed by atoms with van der Waals surface area (Å²) in [5, 5.41) is 10.0. The number of rotatable bonds is 1. The van der Waals surface area contributed by atoms with Crippen LogP contribution in [0.25, 0.3) is 0 Å². The van der Waals surface area contributed by atoms with Crippen LogP contribution in [-0.4, -0.2) is 28.7 Å². The van der Waals surface area contributed by atoms with E-state index >= 15 is 0 Å². The zero-order chi connectivity index (χ0) is 14.4. The van der Waals surface area contributed by atoms with Gasteiger partial charge in [0.25, 0.3) is 0 Å². The maximum absolute atomic E-state index is 11.8. The molecule has 108 valence electrons. The van der Waals surface area contributed by atoms with Crippen molar-refractivity contribution in [2.45, 2.75) is 12.2 Å². The molecule has 0 radical (unpaired) electrons. The van der Waals surface area contributed by atoms with Crippen molar-refractivity contribution >= 4 is 23.5 Å². The largest absolute Gasteiger partial charge is 0.454 e. The van der Waals surface area contributed by atoms with Gasteiger partial charge >= 0.3 is 0 Å². The van der Waals surface area contributed by atoms with Gasteiger partial charge in [0.05, 0.1) is 11.0 Å². The summed E-state index contributed by atoms with van der Waals surface area (Å²) in [6.07, 6.45) is 0. The summed E-state index contributed by atoms with van der Waals surface area (Å²) >= 11 is 1.58. The highest BCUT2D eigenvalue weighted by atomic mass is 32.2. The summed E-state index contributed by atoms with van der Waals surface area (Å²) in [6.45, 7) is 2.22. The first-order chi connectivity index (χ1) is 10.2. The van der Waals surface area contributed by atoms with E-state index in [4.69, 9.17) is 9.47 Å². The average molecular weight is 303 g/mol. The number of carbonyl (C=O) groups is 1. The van der Waals surface area contributed by atoms with Gasteiger partial charge in [-0.15, -0.1) is 11.8 Å². The number of benzene rings is 1. The molecular weight excluding hydrogens is 290 g/mol. The number of ether oxygens (including phenoxy) is 2. The molecule has 0 fully saturated rings. The first kappa shape index (κ1) is 12.6. The maximum Gasteiger partial charge on any atom is 0.235 e. The molecule has 0 saturated carbocycles. The highest BCUT2D eigenvalue weighted by molar-refractivity contribution is 8.00. The summed E-state index contributed by atoms with van der Waals surface area (Å²) < 4.78 is 10.8. The maximum atomic E-state index is 11.8. The van der Waals surface area contributed by atoms with Gasteiger partial charge < -0.3 is 14.8 Å². The Morgan fingerprint density at radius 3 is 3.10 bits per heavy atom. The van der Waals surface area contributed by atoms with Crippen molar-refractivity contribution in [3.8, 4) is 11.5 Å². The molecule has 0 spiro atoms. The topological polar surface area (TPSA) is 76.2 Å². The number of nitrogens with one attached hydrogen (secondary N) is 2. The lowest BCUT2D eigenvalue weighted by Crippen LogP contribution is -2.12. The molecule has 0 aliphatic carbocycles. The molecule has 4 rings (SSSR count). The van der Waals surface area contributed by atoms with Crippen molar-refractivity contribution in [2.24, 2.45) is 0 Å². The Kier molecular flexibility index (Phi) is 2.81. The highest BCUT2D eigenvalue weighted by Gasteiger charge is 2.29. The minimum Gasteiger partial charge on any atom is -0.454 e. The lowest BCUT2D eigenvalue weighted by atomic mass is 10.0. The number of carbonyl (C=O) groups excluding carboxylic acids is 1. The summed E-state index contributed by atoms with van der Waals surface area (Å²) in [7, 11) is 0. The summed E-state index contributed by atoms with van der Waals surface area (Å²) in [4.78, 5) is 11.8. The van der Waals surface area contributed by atoms with Gasteiger partial charge in [0.15, 0.2) is 17.3 Å². The SMILES string of the molecule is Cc1[nH]nc2c1C(c1ccc3c(c1)OCO3)SCC(=O)N2. The second kappa shape index (κ2) is 4.70. The van der Waals surface area contributed by atoms with E-state index in [1.165, 1.54) is 0 Å². The first-order valence-corrected chi connectivity index (χ1v) is 7.63. The van der Waals surface area contributed by atoms with Crippen molar-refractivity contribution < 1.29 is 14.3 Å². The normalized spacial score (nSPS) is 19.9. The second-order valence-electron chi connectivity index (χ2n) is 4.96. The molecule has 7 heteroatoms. The molecule has 2 aliphatic rings. The van der Waals surface area contributed by atoms with Gasteiger partial charge in [0.1, 0.15) is 0 Å². The number of aryl methyl sites for hydroxylation is 1. The number of H-pyrrole nitrogens is 1. The number of thioether (sulfide) groups is 1. The summed E-state index contributed by atoms with van der Waals surface area (Å²) in [5.41, 5.74) is 3.05. The molecule has 1 unspecified atom stereocenters. The van der Waals surface area contributed by atoms with E-state index in [-0.39, 0.29) is 18.0 Å². The monoisotopic (exact) mass is 303 g/mol. The van der Waals surface area contributed by atoms with Crippen LogP contribution in [0.3, 0.4) is 0 Å². The van der Waals surface area contributed by atoms with Gasteiger partial charge in [-0.1, -0.05) is 6.07 Å². The third kappa shape index (κ3) is 2.04. The van der Waals surface area contributed by atoms with Crippen LogP contribution in [-0.2, 0) is 4.79 Å². The molecule has 1 amide bonds. The Bertz CT molecular complexity index is 728. The third-order valence-corrected chi connectivity index (χ3v) is 4.87. The number of amides is 1. The van der Waals surface area contributed by atoms with E-state index in [0.29, 0.717) is 11.6 Å². The lowest BCUT2D eigenvalue weighted by Gasteiger charge is -2.15. The predicted octanol–water partition coefficient (Wildman–Crippen LogP) is 2.22. The number of anilines is 1. The van der Waals surface area contributed by atoms with E-state index in [1.807, 2.05) is 25.1 Å². The summed E-state index contributed by atoms with van der Waals surface area (Å²) in [6, 6.07) is 5.90. The fourth-order valence-electron chi connectivity index (χ4n) is 2.60. The van der Waals surface area contributed by atoms with E-state index < -0.39 is 0 Å². The lowest BCUT2D eigenvalue weighted by molar-refractivity contribution is -0.113. The van der Waals surface area contributed by atoms with E-state index in [9.17, 15) is 4.79 Å². The van der Waals surface area contributed by atoms with Gasteiger partial charge in [0.2, 0.25) is 12.7 Å². The van der Waals surface area contributed by atoms with E-state index in [2.05, 4.69) is 15.5 Å². The quantitative estimate of drug-likeness (QED) is 0.845. The Morgan fingerprint density at radius 2 is 2.19 bits per heavy atom. The third-order valence-electron chi connectivity index (χ3n) is 3.60. The Morgan fingerprint density at radius 1 is 1.33 bits per heavy atom. The fraction of sp³-hybridized carbons (Fsp3) is 0.286. The highest BCUT2D eigenvalue weighted by Crippen LogP contribution is 2.44. The van der Waals surface area contributed by atoms with E-state index in [0.717, 1.165) is 28.3 Å². The van der Waals surface area contributed by atoms with Gasteiger partial charge in [-0.3, -0.25) is 9.89 Å². The Hall–Kier alpha value is -2.15. The molecule has 0 bridgehead atoms. The Labute approximate surface area is 125 Å². The molecule has 2 aliphatic heterocycles. The molecule has 2 N–H and O–H groups in total. The molecule has 2 aromatic rings. The number of aromatic nitrogens is 2. The standard InChI is InChI=1S/C14H13N3O3S/c1-7-12-13(21-5-11(18)15-14(12)17-16-7)8-2-3-9-10(4-8)20-6-19-9/h2-4,13H,5-6H2,1H3,(H2,15,16,17,18). The molecule has 1 aromatic carbocycles. The molecular formula is C14H13N3O3S. The van der Waals surface area contributed by atoms with E-state index in [1.54, 1.807) is 11.8 Å². The number of hydrogen-bond donors (Lipinski definition) is 2. The number of fused-ring (bicyclic) bond motifs is 2. The zero-order valence-electron chi connectivity index (χ0n) is 11.3. The number of aromatic amines is 1. The molecule has 6 nitrogen and oxygen atoms in total.